The lowest BCUT2D eigenvalue weighted by molar-refractivity contribution is -0.677. The fourth-order valence-electron chi connectivity index (χ4n) is 3.84. The summed E-state index contributed by atoms with van der Waals surface area (Å²) in [5.74, 6) is 1.01. The second-order valence-electron chi connectivity index (χ2n) is 6.48. The number of fused-ring (bicyclic) bond motifs is 3. The number of carbonyl (C=O) groups excluding carboxylic acids is 1. The molecule has 0 aliphatic carbocycles. The minimum Gasteiger partial charge on any atom is -0.371 e. The number of piperidine rings is 1. The second-order valence-corrected chi connectivity index (χ2v) is 6.48. The number of carbonyl (C=O) groups is 1. The molecule has 0 aromatic heterocycles. The van der Waals surface area contributed by atoms with Crippen molar-refractivity contribution in [3.63, 3.8) is 0 Å². The van der Waals surface area contributed by atoms with Crippen LogP contribution in [0.3, 0.4) is 0 Å². The van der Waals surface area contributed by atoms with Gasteiger partial charge in [-0.05, 0) is 38.3 Å². The molecule has 1 atom stereocenters. The smallest absolute Gasteiger partial charge is 0.312 e. The van der Waals surface area contributed by atoms with Crippen molar-refractivity contribution >= 4 is 28.8 Å². The predicted molar refractivity (Wildman–Crippen MR) is 92.2 cm³/mol. The van der Waals surface area contributed by atoms with Gasteiger partial charge in [-0.2, -0.15) is 4.99 Å². The number of amides is 1. The summed E-state index contributed by atoms with van der Waals surface area (Å²) in [7, 11) is 0. The second kappa shape index (κ2) is 5.49. The minimum atomic E-state index is -0.0251. The Labute approximate surface area is 136 Å². The Morgan fingerprint density at radius 2 is 2.04 bits per heavy atom. The number of anilines is 2. The van der Waals surface area contributed by atoms with E-state index in [0.717, 1.165) is 53.0 Å². The highest BCUT2D eigenvalue weighted by Gasteiger charge is 2.42. The van der Waals surface area contributed by atoms with E-state index in [1.165, 1.54) is 24.9 Å². The zero-order valence-corrected chi connectivity index (χ0v) is 13.8. The van der Waals surface area contributed by atoms with Crippen molar-refractivity contribution in [1.82, 2.24) is 0 Å². The van der Waals surface area contributed by atoms with Crippen LogP contribution in [0.4, 0.5) is 17.1 Å². The van der Waals surface area contributed by atoms with Crippen molar-refractivity contribution in [2.75, 3.05) is 23.3 Å². The van der Waals surface area contributed by atoms with Crippen LogP contribution in [0.15, 0.2) is 34.6 Å². The number of amidine groups is 1. The van der Waals surface area contributed by atoms with E-state index in [1.807, 2.05) is 13.0 Å². The molecule has 23 heavy (non-hydrogen) atoms. The van der Waals surface area contributed by atoms with E-state index in [1.54, 1.807) is 0 Å². The van der Waals surface area contributed by atoms with Gasteiger partial charge in [0.25, 0.3) is 0 Å². The largest absolute Gasteiger partial charge is 0.371 e. The quantitative estimate of drug-likeness (QED) is 0.880. The van der Waals surface area contributed by atoms with Crippen LogP contribution in [0.1, 0.15) is 39.5 Å². The number of benzene rings is 1. The Morgan fingerprint density at radius 1 is 1.26 bits per heavy atom. The number of hydrogen-bond donors (Lipinski definition) is 2. The summed E-state index contributed by atoms with van der Waals surface area (Å²) in [6.45, 7) is 6.27. The summed E-state index contributed by atoms with van der Waals surface area (Å²) in [5.41, 5.74) is 4.88. The molecule has 0 bridgehead atoms. The highest BCUT2D eigenvalue weighted by atomic mass is 16.2. The van der Waals surface area contributed by atoms with Crippen molar-refractivity contribution in [2.45, 2.75) is 39.5 Å². The molecule has 0 saturated carbocycles. The maximum atomic E-state index is 12.4. The highest BCUT2D eigenvalue weighted by Crippen LogP contribution is 2.31. The molecule has 2 N–H and O–H groups in total. The van der Waals surface area contributed by atoms with Crippen molar-refractivity contribution in [1.29, 1.82) is 0 Å². The van der Waals surface area contributed by atoms with Gasteiger partial charge in [0.15, 0.2) is 5.69 Å². The van der Waals surface area contributed by atoms with Crippen LogP contribution >= 0.6 is 0 Å². The van der Waals surface area contributed by atoms with Crippen LogP contribution in [-0.4, -0.2) is 24.8 Å². The molecule has 1 fully saturated rings. The zero-order valence-electron chi connectivity index (χ0n) is 13.8. The summed E-state index contributed by atoms with van der Waals surface area (Å²) >= 11 is 0. The van der Waals surface area contributed by atoms with Crippen molar-refractivity contribution in [3.05, 3.63) is 29.6 Å². The van der Waals surface area contributed by atoms with Gasteiger partial charge in [-0.15, -0.1) is 0 Å². The number of allylic oxidation sites excluding steroid dienone is 1. The third kappa shape index (κ3) is 2.27. The predicted octanol–water partition coefficient (Wildman–Crippen LogP) is 2.20. The van der Waals surface area contributed by atoms with E-state index in [9.17, 15) is 4.79 Å². The summed E-state index contributed by atoms with van der Waals surface area (Å²) in [6.07, 6.45) is 4.69. The highest BCUT2D eigenvalue weighted by molar-refractivity contribution is 6.09. The van der Waals surface area contributed by atoms with Crippen molar-refractivity contribution < 1.29 is 9.69 Å². The van der Waals surface area contributed by atoms with E-state index >= 15 is 0 Å². The Balaban J connectivity index is 1.78. The van der Waals surface area contributed by atoms with E-state index in [0.29, 0.717) is 0 Å². The van der Waals surface area contributed by atoms with Gasteiger partial charge in [0, 0.05) is 31.3 Å². The molecular formula is C18H23N4O+. The molecule has 4 rings (SSSR count). The van der Waals surface area contributed by atoms with E-state index in [2.05, 4.69) is 34.3 Å². The number of rotatable bonds is 2. The number of quaternary nitrogens is 1. The lowest BCUT2D eigenvalue weighted by Gasteiger charge is -2.31. The van der Waals surface area contributed by atoms with Crippen LogP contribution < -0.4 is 15.1 Å². The van der Waals surface area contributed by atoms with Gasteiger partial charge in [-0.1, -0.05) is 6.92 Å². The van der Waals surface area contributed by atoms with Crippen LogP contribution in [-0.2, 0) is 4.79 Å². The first kappa shape index (κ1) is 14.5. The summed E-state index contributed by atoms with van der Waals surface area (Å²) < 4.78 is 0. The van der Waals surface area contributed by atoms with Gasteiger partial charge >= 0.3 is 5.91 Å². The Bertz CT molecular complexity index is 729. The number of nitrogens with zero attached hydrogens (tertiary/aromatic N) is 2. The topological polar surface area (TPSA) is 49.1 Å². The molecule has 1 aromatic carbocycles. The monoisotopic (exact) mass is 311 g/mol. The van der Waals surface area contributed by atoms with E-state index < -0.39 is 0 Å². The van der Waals surface area contributed by atoms with Crippen LogP contribution in [0.2, 0.25) is 0 Å². The van der Waals surface area contributed by atoms with E-state index in [4.69, 9.17) is 0 Å². The number of aliphatic imine (C=N–C) groups is 1. The summed E-state index contributed by atoms with van der Waals surface area (Å²) in [6, 6.07) is 6.41. The van der Waals surface area contributed by atoms with Crippen LogP contribution in [0.5, 0.6) is 0 Å². The number of nitrogens with one attached hydrogen (secondary N) is 2. The molecule has 3 aliphatic rings. The molecular weight excluding hydrogens is 288 g/mol. The molecule has 5 heteroatoms. The Hall–Kier alpha value is -2.14. The molecule has 0 radical (unpaired) electrons. The zero-order chi connectivity index (χ0) is 16.0. The standard InChI is InChI=1S/C18H22N4O/c1-3-16-19-12(2)17-18(23)20-14-8-7-13(11-15(14)22(16)17)21-9-5-4-6-10-21/h7-8,11H,3-6,9-10H2,1-2H3,(H,20,23)/p+1. The van der Waals surface area contributed by atoms with Gasteiger partial charge in [0.05, 0.1) is 0 Å². The summed E-state index contributed by atoms with van der Waals surface area (Å²) in [5, 5.41) is 3.03. The maximum absolute atomic E-state index is 12.4. The average molecular weight is 311 g/mol. The molecule has 120 valence electrons. The van der Waals surface area contributed by atoms with Crippen molar-refractivity contribution in [3.8, 4) is 0 Å². The molecule has 5 nitrogen and oxygen atoms in total. The molecule has 3 heterocycles. The molecule has 0 spiro atoms. The van der Waals surface area contributed by atoms with Crippen LogP contribution in [0.25, 0.3) is 0 Å². The third-order valence-electron chi connectivity index (χ3n) is 5.01. The Morgan fingerprint density at radius 3 is 2.78 bits per heavy atom. The lowest BCUT2D eigenvalue weighted by Crippen LogP contribution is -3.09. The molecule has 3 aliphatic heterocycles. The third-order valence-corrected chi connectivity index (χ3v) is 5.01. The minimum absolute atomic E-state index is 0.0251. The van der Waals surface area contributed by atoms with E-state index in [-0.39, 0.29) is 5.91 Å². The first-order valence-electron chi connectivity index (χ1n) is 8.56. The van der Waals surface area contributed by atoms with Gasteiger partial charge in [0.2, 0.25) is 11.5 Å². The Kier molecular flexibility index (Phi) is 3.45. The first-order valence-corrected chi connectivity index (χ1v) is 8.56. The maximum Gasteiger partial charge on any atom is 0.312 e. The van der Waals surface area contributed by atoms with Crippen LogP contribution in [0, 0.1) is 0 Å². The molecule has 1 unspecified atom stereocenters. The SMILES string of the molecule is CCC1=NC(C)=C2C(=O)Nc3ccc(N4CCCCC4)cc3[NH+]12. The van der Waals surface area contributed by atoms with Crippen molar-refractivity contribution in [2.24, 2.45) is 4.99 Å². The van der Waals surface area contributed by atoms with Gasteiger partial charge in [-0.25, -0.2) is 4.90 Å². The lowest BCUT2D eigenvalue weighted by atomic mass is 10.1. The number of hydrogen-bond acceptors (Lipinski definition) is 3. The first-order chi connectivity index (χ1) is 11.2. The average Bonchev–Trinajstić information content (AvgIpc) is 2.93. The molecule has 1 saturated heterocycles. The normalized spacial score (nSPS) is 23.4. The molecule has 1 aromatic rings. The van der Waals surface area contributed by atoms with Gasteiger partial charge < -0.3 is 10.2 Å². The van der Waals surface area contributed by atoms with Gasteiger partial charge in [-0.3, -0.25) is 4.79 Å². The fourth-order valence-corrected chi connectivity index (χ4v) is 3.84. The summed E-state index contributed by atoms with van der Waals surface area (Å²) in [4.78, 5) is 20.5. The fraction of sp³-hybridized carbons (Fsp3) is 0.444. The van der Waals surface area contributed by atoms with Gasteiger partial charge in [0.1, 0.15) is 11.4 Å². The molecule has 1 amide bonds.